The molecule has 7 nitrogen and oxygen atoms in total. The highest BCUT2D eigenvalue weighted by atomic mass is 16.5. The molecular weight excluding hydrogens is 336 g/mol. The Morgan fingerprint density at radius 3 is 2.42 bits per heavy atom. The Labute approximate surface area is 153 Å². The van der Waals surface area contributed by atoms with Gasteiger partial charge in [-0.25, -0.2) is 9.59 Å². The van der Waals surface area contributed by atoms with Crippen LogP contribution in [0.2, 0.25) is 0 Å². The van der Waals surface area contributed by atoms with Gasteiger partial charge < -0.3 is 14.8 Å². The monoisotopic (exact) mass is 362 g/mol. The van der Waals surface area contributed by atoms with Crippen molar-refractivity contribution in [1.82, 2.24) is 5.32 Å². The number of carbonyl (C=O) groups is 3. The molecule has 0 spiro atoms. The number of benzene rings is 1. The van der Waals surface area contributed by atoms with Crippen LogP contribution >= 0.6 is 0 Å². The van der Waals surface area contributed by atoms with E-state index in [1.807, 2.05) is 0 Å². The zero-order valence-corrected chi connectivity index (χ0v) is 15.3. The molecular formula is C19H26N2O5. The van der Waals surface area contributed by atoms with E-state index in [2.05, 4.69) is 10.1 Å². The van der Waals surface area contributed by atoms with E-state index >= 15 is 0 Å². The fraction of sp³-hybridized carbons (Fsp3) is 0.526. The Balaban J connectivity index is 1.93. The van der Waals surface area contributed by atoms with Crippen LogP contribution in [-0.2, 0) is 14.3 Å². The molecule has 0 radical (unpaired) electrons. The molecule has 1 aromatic rings. The van der Waals surface area contributed by atoms with E-state index in [1.54, 1.807) is 24.3 Å². The van der Waals surface area contributed by atoms with Gasteiger partial charge in [-0.3, -0.25) is 9.69 Å². The number of rotatable bonds is 5. The Hall–Kier alpha value is -2.57. The van der Waals surface area contributed by atoms with Crippen LogP contribution < -0.4 is 10.2 Å². The zero-order chi connectivity index (χ0) is 18.9. The molecule has 1 fully saturated rings. The van der Waals surface area contributed by atoms with Crippen molar-refractivity contribution in [1.29, 1.82) is 0 Å². The number of nitrogens with one attached hydrogen (secondary N) is 1. The molecule has 26 heavy (non-hydrogen) atoms. The maximum atomic E-state index is 12.4. The number of anilines is 1. The van der Waals surface area contributed by atoms with Crippen molar-refractivity contribution in [3.05, 3.63) is 29.8 Å². The third-order valence-electron chi connectivity index (χ3n) is 4.49. The van der Waals surface area contributed by atoms with Crippen molar-refractivity contribution >= 4 is 23.7 Å². The van der Waals surface area contributed by atoms with Crippen LogP contribution in [0.5, 0.6) is 0 Å². The molecule has 2 rings (SSSR count). The van der Waals surface area contributed by atoms with Gasteiger partial charge in [-0.05, 0) is 25.0 Å². The molecule has 0 bridgehead atoms. The molecule has 1 saturated carbocycles. The molecule has 142 valence electrons. The average molecular weight is 362 g/mol. The van der Waals surface area contributed by atoms with E-state index in [0.29, 0.717) is 5.69 Å². The number of esters is 1. The first kappa shape index (κ1) is 19.8. The van der Waals surface area contributed by atoms with E-state index < -0.39 is 12.1 Å². The van der Waals surface area contributed by atoms with Crippen molar-refractivity contribution < 1.29 is 23.9 Å². The maximum absolute atomic E-state index is 12.4. The topological polar surface area (TPSA) is 84.9 Å². The smallest absolute Gasteiger partial charge is 0.413 e. The number of amides is 2. The standard InChI is InChI=1S/C19H26N2O5/c1-21(19(24)25-2)16-12-8-7-11-15(16)18(23)26-13-17(22)20-14-9-5-3-4-6-10-14/h7-8,11-12,14H,3-6,9-10,13H2,1-2H3,(H,20,22). The van der Waals surface area contributed by atoms with Crippen LogP contribution in [0.1, 0.15) is 48.9 Å². The highest BCUT2D eigenvalue weighted by Crippen LogP contribution is 2.21. The molecule has 7 heteroatoms. The van der Waals surface area contributed by atoms with Gasteiger partial charge in [-0.1, -0.05) is 37.8 Å². The van der Waals surface area contributed by atoms with E-state index in [9.17, 15) is 14.4 Å². The molecule has 0 aromatic heterocycles. The normalized spacial score (nSPS) is 14.8. The Morgan fingerprint density at radius 1 is 1.12 bits per heavy atom. The van der Waals surface area contributed by atoms with Crippen molar-refractivity contribution in [2.75, 3.05) is 25.7 Å². The minimum atomic E-state index is -0.660. The summed E-state index contributed by atoms with van der Waals surface area (Å²) in [5, 5.41) is 2.93. The predicted octanol–water partition coefficient (Wildman–Crippen LogP) is 2.89. The maximum Gasteiger partial charge on any atom is 0.413 e. The lowest BCUT2D eigenvalue weighted by Gasteiger charge is -2.19. The van der Waals surface area contributed by atoms with Crippen LogP contribution in [0.3, 0.4) is 0 Å². The van der Waals surface area contributed by atoms with Gasteiger partial charge in [0.25, 0.3) is 5.91 Å². The first-order valence-electron chi connectivity index (χ1n) is 8.90. The predicted molar refractivity (Wildman–Crippen MR) is 97.2 cm³/mol. The quantitative estimate of drug-likeness (QED) is 0.643. The highest BCUT2D eigenvalue weighted by molar-refractivity contribution is 6.01. The molecule has 2 amide bonds. The molecule has 0 atom stereocenters. The lowest BCUT2D eigenvalue weighted by atomic mass is 10.1. The summed E-state index contributed by atoms with van der Waals surface area (Å²) >= 11 is 0. The van der Waals surface area contributed by atoms with Gasteiger partial charge in [0.1, 0.15) is 0 Å². The Kier molecular flexibility index (Phi) is 7.44. The van der Waals surface area contributed by atoms with E-state index in [0.717, 1.165) is 25.7 Å². The fourth-order valence-electron chi connectivity index (χ4n) is 3.08. The van der Waals surface area contributed by atoms with Crippen molar-refractivity contribution in [2.24, 2.45) is 0 Å². The summed E-state index contributed by atoms with van der Waals surface area (Å²) in [5.41, 5.74) is 0.552. The van der Waals surface area contributed by atoms with Gasteiger partial charge in [0.2, 0.25) is 0 Å². The van der Waals surface area contributed by atoms with Crippen LogP contribution in [-0.4, -0.2) is 44.8 Å². The Bertz CT molecular complexity index is 639. The summed E-state index contributed by atoms with van der Waals surface area (Å²) in [6.07, 6.45) is 5.95. The summed E-state index contributed by atoms with van der Waals surface area (Å²) in [6, 6.07) is 6.67. The van der Waals surface area contributed by atoms with Gasteiger partial charge in [-0.2, -0.15) is 0 Å². The lowest BCUT2D eigenvalue weighted by Crippen LogP contribution is -2.37. The summed E-state index contributed by atoms with van der Waals surface area (Å²) in [5.74, 6) is -0.962. The molecule has 1 N–H and O–H groups in total. The number of nitrogens with zero attached hydrogens (tertiary/aromatic N) is 1. The fourth-order valence-corrected chi connectivity index (χ4v) is 3.08. The number of para-hydroxylation sites is 1. The number of methoxy groups -OCH3 is 1. The third kappa shape index (κ3) is 5.47. The van der Waals surface area contributed by atoms with Crippen LogP contribution in [0.25, 0.3) is 0 Å². The third-order valence-corrected chi connectivity index (χ3v) is 4.49. The molecule has 1 aliphatic rings. The van der Waals surface area contributed by atoms with Gasteiger partial charge in [0.05, 0.1) is 18.4 Å². The van der Waals surface area contributed by atoms with Gasteiger partial charge in [-0.15, -0.1) is 0 Å². The van der Waals surface area contributed by atoms with Crippen molar-refractivity contribution in [3.8, 4) is 0 Å². The molecule has 0 saturated heterocycles. The average Bonchev–Trinajstić information content (AvgIpc) is 2.93. The van der Waals surface area contributed by atoms with E-state index in [-0.39, 0.29) is 24.1 Å². The van der Waals surface area contributed by atoms with Crippen molar-refractivity contribution in [2.45, 2.75) is 44.6 Å². The zero-order valence-electron chi connectivity index (χ0n) is 15.3. The van der Waals surface area contributed by atoms with Gasteiger partial charge >= 0.3 is 12.1 Å². The van der Waals surface area contributed by atoms with Gasteiger partial charge in [0.15, 0.2) is 6.61 Å². The summed E-state index contributed by atoms with van der Waals surface area (Å²) in [4.78, 5) is 37.3. The molecule has 0 unspecified atom stereocenters. The second kappa shape index (κ2) is 9.79. The van der Waals surface area contributed by atoms with E-state index in [1.165, 1.54) is 31.9 Å². The summed E-state index contributed by atoms with van der Waals surface area (Å²) < 4.78 is 9.80. The summed E-state index contributed by atoms with van der Waals surface area (Å²) in [7, 11) is 2.76. The SMILES string of the molecule is COC(=O)N(C)c1ccccc1C(=O)OCC(=O)NC1CCCCCC1. The van der Waals surface area contributed by atoms with Crippen LogP contribution in [0, 0.1) is 0 Å². The molecule has 1 aliphatic carbocycles. The second-order valence-corrected chi connectivity index (χ2v) is 6.38. The summed E-state index contributed by atoms with van der Waals surface area (Å²) in [6.45, 7) is -0.342. The Morgan fingerprint density at radius 2 is 1.77 bits per heavy atom. The van der Waals surface area contributed by atoms with E-state index in [4.69, 9.17) is 4.74 Å². The molecule has 1 aromatic carbocycles. The largest absolute Gasteiger partial charge is 0.452 e. The first-order chi connectivity index (χ1) is 12.5. The molecule has 0 aliphatic heterocycles. The van der Waals surface area contributed by atoms with Crippen LogP contribution in [0.4, 0.5) is 10.5 Å². The lowest BCUT2D eigenvalue weighted by molar-refractivity contribution is -0.125. The molecule has 0 heterocycles. The number of hydrogen-bond donors (Lipinski definition) is 1. The number of hydrogen-bond acceptors (Lipinski definition) is 5. The highest BCUT2D eigenvalue weighted by Gasteiger charge is 2.21. The first-order valence-corrected chi connectivity index (χ1v) is 8.90. The minimum Gasteiger partial charge on any atom is -0.452 e. The number of carbonyl (C=O) groups excluding carboxylic acids is 3. The van der Waals surface area contributed by atoms with Crippen molar-refractivity contribution in [3.63, 3.8) is 0 Å². The van der Waals surface area contributed by atoms with Crippen LogP contribution in [0.15, 0.2) is 24.3 Å². The number of ether oxygens (including phenoxy) is 2. The van der Waals surface area contributed by atoms with Gasteiger partial charge in [0, 0.05) is 13.1 Å². The minimum absolute atomic E-state index is 0.154. The second-order valence-electron chi connectivity index (χ2n) is 6.38.